The van der Waals surface area contributed by atoms with Crippen molar-refractivity contribution in [3.8, 4) is 0 Å². The molecule has 1 aliphatic heterocycles. The van der Waals surface area contributed by atoms with E-state index in [4.69, 9.17) is 0 Å². The van der Waals surface area contributed by atoms with Crippen LogP contribution in [0.5, 0.6) is 0 Å². The molecule has 0 radical (unpaired) electrons. The second-order valence-corrected chi connectivity index (χ2v) is 5.25. The molecule has 0 spiro atoms. The monoisotopic (exact) mass is 295 g/mol. The molecule has 1 aromatic carbocycles. The van der Waals surface area contributed by atoms with Gasteiger partial charge in [0.15, 0.2) is 0 Å². The number of hydrogen-bond acceptors (Lipinski definition) is 1. The standard InChI is InChI=1S/C14H18BrNO/c1-11-4-2-3-9-16(14(11)17)13-7-5-12(10-15)6-8-13/h5-8,11H,2-4,9-10H2,1H3. The van der Waals surface area contributed by atoms with Gasteiger partial charge in [0.05, 0.1) is 0 Å². The number of hydrogen-bond donors (Lipinski definition) is 0. The molecule has 1 aromatic rings. The van der Waals surface area contributed by atoms with E-state index in [1.165, 1.54) is 5.56 Å². The summed E-state index contributed by atoms with van der Waals surface area (Å²) < 4.78 is 0. The molecule has 0 aromatic heterocycles. The fraction of sp³-hybridized carbons (Fsp3) is 0.500. The van der Waals surface area contributed by atoms with Crippen LogP contribution in [0.15, 0.2) is 24.3 Å². The van der Waals surface area contributed by atoms with Crippen LogP contribution in [0.3, 0.4) is 0 Å². The third-order valence-electron chi connectivity index (χ3n) is 3.36. The maximum Gasteiger partial charge on any atom is 0.229 e. The zero-order valence-corrected chi connectivity index (χ0v) is 11.7. The Kier molecular flexibility index (Phi) is 4.21. The molecule has 2 nitrogen and oxygen atoms in total. The zero-order valence-electron chi connectivity index (χ0n) is 10.2. The summed E-state index contributed by atoms with van der Waals surface area (Å²) in [5.41, 5.74) is 2.28. The summed E-state index contributed by atoms with van der Waals surface area (Å²) in [4.78, 5) is 14.2. The van der Waals surface area contributed by atoms with Gasteiger partial charge in [0.25, 0.3) is 0 Å². The minimum absolute atomic E-state index is 0.161. The summed E-state index contributed by atoms with van der Waals surface area (Å²) in [5.74, 6) is 0.433. The average Bonchev–Trinajstić information content (AvgIpc) is 2.53. The van der Waals surface area contributed by atoms with E-state index >= 15 is 0 Å². The van der Waals surface area contributed by atoms with Crippen molar-refractivity contribution in [3.63, 3.8) is 0 Å². The van der Waals surface area contributed by atoms with Crippen LogP contribution in [0, 0.1) is 5.92 Å². The molecule has 0 N–H and O–H groups in total. The fourth-order valence-electron chi connectivity index (χ4n) is 2.24. The highest BCUT2D eigenvalue weighted by molar-refractivity contribution is 9.08. The maximum absolute atomic E-state index is 12.2. The Morgan fingerprint density at radius 3 is 2.65 bits per heavy atom. The highest BCUT2D eigenvalue weighted by atomic mass is 79.9. The maximum atomic E-state index is 12.2. The lowest BCUT2D eigenvalue weighted by molar-refractivity contribution is -0.121. The van der Waals surface area contributed by atoms with Gasteiger partial charge in [-0.05, 0) is 30.5 Å². The van der Waals surface area contributed by atoms with E-state index in [0.29, 0.717) is 0 Å². The van der Waals surface area contributed by atoms with Crippen LogP contribution < -0.4 is 4.90 Å². The van der Waals surface area contributed by atoms with Gasteiger partial charge in [0.2, 0.25) is 5.91 Å². The van der Waals surface area contributed by atoms with Crippen LogP contribution in [0.4, 0.5) is 5.69 Å². The molecule has 1 saturated heterocycles. The first-order valence-corrected chi connectivity index (χ1v) is 7.31. The van der Waals surface area contributed by atoms with E-state index in [1.54, 1.807) is 0 Å². The molecular formula is C14H18BrNO. The first-order chi connectivity index (χ1) is 8.22. The topological polar surface area (TPSA) is 20.3 Å². The van der Waals surface area contributed by atoms with Crippen LogP contribution in [0.1, 0.15) is 31.7 Å². The number of anilines is 1. The summed E-state index contributed by atoms with van der Waals surface area (Å²) in [5, 5.41) is 0.859. The molecule has 1 aliphatic rings. The van der Waals surface area contributed by atoms with Gasteiger partial charge in [-0.15, -0.1) is 0 Å². The summed E-state index contributed by atoms with van der Waals surface area (Å²) in [6.45, 7) is 2.89. The Hall–Kier alpha value is -0.830. The Morgan fingerprint density at radius 1 is 1.29 bits per heavy atom. The summed E-state index contributed by atoms with van der Waals surface area (Å²) in [7, 11) is 0. The predicted molar refractivity (Wildman–Crippen MR) is 74.4 cm³/mol. The minimum atomic E-state index is 0.161. The van der Waals surface area contributed by atoms with Crippen LogP contribution in [-0.4, -0.2) is 12.5 Å². The molecular weight excluding hydrogens is 278 g/mol. The van der Waals surface area contributed by atoms with Crippen LogP contribution in [0.2, 0.25) is 0 Å². The van der Waals surface area contributed by atoms with Crippen molar-refractivity contribution < 1.29 is 4.79 Å². The Morgan fingerprint density at radius 2 is 2.00 bits per heavy atom. The predicted octanol–water partition coefficient (Wildman–Crippen LogP) is 3.73. The van der Waals surface area contributed by atoms with E-state index in [1.807, 2.05) is 24.0 Å². The molecule has 1 heterocycles. The van der Waals surface area contributed by atoms with Gasteiger partial charge in [0.1, 0.15) is 0 Å². The normalized spacial score (nSPS) is 21.4. The molecule has 0 aliphatic carbocycles. The second-order valence-electron chi connectivity index (χ2n) is 4.69. The number of nitrogens with zero attached hydrogens (tertiary/aromatic N) is 1. The molecule has 0 saturated carbocycles. The van der Waals surface area contributed by atoms with Crippen LogP contribution in [-0.2, 0) is 10.1 Å². The first-order valence-electron chi connectivity index (χ1n) is 6.18. The number of rotatable bonds is 2. The van der Waals surface area contributed by atoms with Gasteiger partial charge in [-0.3, -0.25) is 4.79 Å². The molecule has 92 valence electrons. The van der Waals surface area contributed by atoms with Gasteiger partial charge in [0, 0.05) is 23.5 Å². The molecule has 1 amide bonds. The Labute approximate surface area is 111 Å². The van der Waals surface area contributed by atoms with Crippen molar-refractivity contribution in [3.05, 3.63) is 29.8 Å². The lowest BCUT2D eigenvalue weighted by atomic mass is 10.1. The van der Waals surface area contributed by atoms with E-state index < -0.39 is 0 Å². The number of alkyl halides is 1. The number of carbonyl (C=O) groups excluding carboxylic acids is 1. The molecule has 1 fully saturated rings. The van der Waals surface area contributed by atoms with Gasteiger partial charge >= 0.3 is 0 Å². The van der Waals surface area contributed by atoms with Gasteiger partial charge in [-0.25, -0.2) is 0 Å². The zero-order chi connectivity index (χ0) is 12.3. The van der Waals surface area contributed by atoms with Crippen molar-refractivity contribution in [1.82, 2.24) is 0 Å². The second kappa shape index (κ2) is 5.67. The van der Waals surface area contributed by atoms with Crippen molar-refractivity contribution >= 4 is 27.5 Å². The largest absolute Gasteiger partial charge is 0.312 e. The molecule has 0 bridgehead atoms. The third kappa shape index (κ3) is 2.89. The third-order valence-corrected chi connectivity index (χ3v) is 4.01. The molecule has 2 rings (SSSR count). The molecule has 17 heavy (non-hydrogen) atoms. The summed E-state index contributed by atoms with van der Waals surface area (Å²) in [6, 6.07) is 8.25. The number of benzene rings is 1. The smallest absolute Gasteiger partial charge is 0.229 e. The van der Waals surface area contributed by atoms with Crippen molar-refractivity contribution in [1.29, 1.82) is 0 Å². The quantitative estimate of drug-likeness (QED) is 0.761. The SMILES string of the molecule is CC1CCCCN(c2ccc(CBr)cc2)C1=O. The minimum Gasteiger partial charge on any atom is -0.312 e. The van der Waals surface area contributed by atoms with Gasteiger partial charge in [-0.1, -0.05) is 41.4 Å². The van der Waals surface area contributed by atoms with E-state index in [2.05, 4.69) is 28.1 Å². The highest BCUT2D eigenvalue weighted by Crippen LogP contribution is 2.24. The molecule has 3 heteroatoms. The van der Waals surface area contributed by atoms with E-state index in [9.17, 15) is 4.79 Å². The summed E-state index contributed by atoms with van der Waals surface area (Å²) in [6.07, 6.45) is 3.29. The molecule has 1 atom stereocenters. The number of halogens is 1. The van der Waals surface area contributed by atoms with E-state index in [0.717, 1.165) is 36.8 Å². The number of carbonyl (C=O) groups is 1. The molecule has 1 unspecified atom stereocenters. The van der Waals surface area contributed by atoms with Gasteiger partial charge < -0.3 is 4.90 Å². The summed E-state index contributed by atoms with van der Waals surface area (Å²) >= 11 is 3.43. The van der Waals surface area contributed by atoms with Crippen LogP contribution >= 0.6 is 15.9 Å². The number of amides is 1. The van der Waals surface area contributed by atoms with Crippen molar-refractivity contribution in [2.45, 2.75) is 31.5 Å². The first kappa shape index (κ1) is 12.6. The van der Waals surface area contributed by atoms with Gasteiger partial charge in [-0.2, -0.15) is 0 Å². The van der Waals surface area contributed by atoms with Crippen molar-refractivity contribution in [2.75, 3.05) is 11.4 Å². The Balaban J connectivity index is 2.21. The Bertz CT molecular complexity index is 388. The lowest BCUT2D eigenvalue weighted by Crippen LogP contribution is -2.33. The van der Waals surface area contributed by atoms with Crippen molar-refractivity contribution in [2.24, 2.45) is 5.92 Å². The average molecular weight is 296 g/mol. The van der Waals surface area contributed by atoms with Crippen LogP contribution in [0.25, 0.3) is 0 Å². The highest BCUT2D eigenvalue weighted by Gasteiger charge is 2.24. The lowest BCUT2D eigenvalue weighted by Gasteiger charge is -2.23. The fourth-order valence-corrected chi connectivity index (χ4v) is 2.62. The van der Waals surface area contributed by atoms with E-state index in [-0.39, 0.29) is 11.8 Å².